The quantitative estimate of drug-likeness (QED) is 0.105. The third-order valence-corrected chi connectivity index (χ3v) is 8.75. The van der Waals surface area contributed by atoms with Gasteiger partial charge in [-0.2, -0.15) is 0 Å². The topological polar surface area (TPSA) is 51.2 Å². The van der Waals surface area contributed by atoms with Crippen molar-refractivity contribution >= 4 is 0 Å². The molecule has 0 aliphatic rings. The Hall–Kier alpha value is -5.36. The lowest BCUT2D eigenvalue weighted by Crippen LogP contribution is -2.37. The molecule has 0 aliphatic heterocycles. The van der Waals surface area contributed by atoms with E-state index in [0.717, 1.165) is 34.4 Å². The van der Waals surface area contributed by atoms with E-state index in [2.05, 4.69) is 60.4 Å². The normalized spacial score (nSPS) is 12.3. The highest BCUT2D eigenvalue weighted by Crippen LogP contribution is 2.30. The summed E-state index contributed by atoms with van der Waals surface area (Å²) in [4.78, 5) is 2.35. The third kappa shape index (κ3) is 10.6. The molecule has 254 valence electrons. The minimum atomic E-state index is -0.769. The highest BCUT2D eigenvalue weighted by atomic mass is 16.5. The molecule has 6 aromatic rings. The van der Waals surface area contributed by atoms with Gasteiger partial charge in [0.25, 0.3) is 0 Å². The Labute approximate surface area is 296 Å². The van der Waals surface area contributed by atoms with Gasteiger partial charge in [0, 0.05) is 25.2 Å². The van der Waals surface area contributed by atoms with Crippen LogP contribution in [-0.4, -0.2) is 22.6 Å². The summed E-state index contributed by atoms with van der Waals surface area (Å²) in [6.07, 6.45) is 0.0544. The molecule has 2 atom stereocenters. The first kappa shape index (κ1) is 34.5. The van der Waals surface area contributed by atoms with E-state index < -0.39 is 6.10 Å². The van der Waals surface area contributed by atoms with Gasteiger partial charge in [-0.15, -0.1) is 0 Å². The first-order chi connectivity index (χ1) is 24.6. The van der Waals surface area contributed by atoms with Gasteiger partial charge in [-0.25, -0.2) is 0 Å². The average Bonchev–Trinajstić information content (AvgIpc) is 3.17. The van der Waals surface area contributed by atoms with Gasteiger partial charge in [0.2, 0.25) is 0 Å². The number of hydrogen-bond acceptors (Lipinski definition) is 5. The van der Waals surface area contributed by atoms with Crippen molar-refractivity contribution < 1.29 is 19.3 Å². The van der Waals surface area contributed by atoms with Crippen molar-refractivity contribution in [3.8, 4) is 17.2 Å². The van der Waals surface area contributed by atoms with Gasteiger partial charge >= 0.3 is 0 Å². The maximum atomic E-state index is 11.8. The van der Waals surface area contributed by atoms with Crippen molar-refractivity contribution in [1.82, 2.24) is 4.90 Å². The van der Waals surface area contributed by atoms with E-state index in [0.29, 0.717) is 44.4 Å². The fraction of sp³-hybridized carbons (Fsp3) is 0.200. The van der Waals surface area contributed by atoms with Crippen molar-refractivity contribution in [2.24, 2.45) is 0 Å². The molecule has 1 N–H and O–H groups in total. The largest absolute Gasteiger partial charge is 0.489 e. The summed E-state index contributed by atoms with van der Waals surface area (Å²) >= 11 is 0. The van der Waals surface area contributed by atoms with Crippen LogP contribution in [-0.2, 0) is 32.8 Å². The zero-order valence-corrected chi connectivity index (χ0v) is 28.6. The summed E-state index contributed by atoms with van der Waals surface area (Å²) in [6.45, 7) is 4.76. The molecule has 0 amide bonds. The molecule has 0 aliphatic carbocycles. The van der Waals surface area contributed by atoms with E-state index >= 15 is 0 Å². The van der Waals surface area contributed by atoms with Crippen molar-refractivity contribution in [1.29, 1.82) is 0 Å². The van der Waals surface area contributed by atoms with Crippen LogP contribution in [0.25, 0.3) is 0 Å². The number of aliphatic hydroxyl groups is 1. The summed E-state index contributed by atoms with van der Waals surface area (Å²) in [5.41, 5.74) is 6.45. The molecule has 0 radical (unpaired) electrons. The second kappa shape index (κ2) is 17.9. The molecular weight excluding hydrogens is 618 g/mol. The lowest BCUT2D eigenvalue weighted by Gasteiger charge is -2.31. The lowest BCUT2D eigenvalue weighted by molar-refractivity contribution is 0.0854. The van der Waals surface area contributed by atoms with Crippen LogP contribution in [0, 0.1) is 0 Å². The van der Waals surface area contributed by atoms with Gasteiger partial charge < -0.3 is 19.3 Å². The monoisotopic (exact) mass is 663 g/mol. The molecule has 0 heterocycles. The first-order valence-electron chi connectivity index (χ1n) is 17.3. The highest BCUT2D eigenvalue weighted by Gasteiger charge is 2.21. The average molecular weight is 664 g/mol. The molecule has 50 heavy (non-hydrogen) atoms. The van der Waals surface area contributed by atoms with Crippen LogP contribution in [0.3, 0.4) is 0 Å². The molecule has 0 saturated carbocycles. The molecule has 5 heteroatoms. The predicted molar refractivity (Wildman–Crippen MR) is 200 cm³/mol. The smallest absolute Gasteiger partial charge is 0.123 e. The Balaban J connectivity index is 1.17. The van der Waals surface area contributed by atoms with E-state index in [1.165, 1.54) is 11.1 Å². The van der Waals surface area contributed by atoms with Gasteiger partial charge in [0.15, 0.2) is 0 Å². The molecular formula is C45H45NO4. The predicted octanol–water partition coefficient (Wildman–Crippen LogP) is 9.59. The third-order valence-electron chi connectivity index (χ3n) is 8.75. The molecule has 0 saturated heterocycles. The Bertz CT molecular complexity index is 1790. The zero-order valence-electron chi connectivity index (χ0n) is 28.6. The van der Waals surface area contributed by atoms with Crippen molar-refractivity contribution in [2.45, 2.75) is 51.9 Å². The minimum Gasteiger partial charge on any atom is -0.489 e. The number of rotatable bonds is 17. The molecule has 5 nitrogen and oxygen atoms in total. The van der Waals surface area contributed by atoms with E-state index in [9.17, 15) is 5.11 Å². The first-order valence-corrected chi connectivity index (χ1v) is 17.3. The Morgan fingerprint density at radius 3 is 1.36 bits per heavy atom. The zero-order chi connectivity index (χ0) is 34.4. The maximum absolute atomic E-state index is 11.8. The molecule has 0 unspecified atom stereocenters. The van der Waals surface area contributed by atoms with Gasteiger partial charge in [0.05, 0.1) is 6.10 Å². The molecule has 6 rings (SSSR count). The standard InChI is InChI=1S/C45H45NO4/c1-35(26-36-22-24-42(25-23-36)48-32-38-16-8-3-9-17-38)46(30-37-14-6-2-7-15-37)31-45(47)41-27-43(49-33-39-18-10-4-11-19-39)29-44(28-41)50-34-40-20-12-5-13-21-40/h2-25,27-29,35,45,47H,26,30-34H2,1H3/t35-,45+/m1/s1. The number of ether oxygens (including phenoxy) is 3. The maximum Gasteiger partial charge on any atom is 0.123 e. The Morgan fingerprint density at radius 1 is 0.480 bits per heavy atom. The van der Waals surface area contributed by atoms with Crippen molar-refractivity contribution in [3.63, 3.8) is 0 Å². The van der Waals surface area contributed by atoms with Gasteiger partial charge in [-0.1, -0.05) is 133 Å². The summed E-state index contributed by atoms with van der Waals surface area (Å²) in [7, 11) is 0. The highest BCUT2D eigenvalue weighted by molar-refractivity contribution is 5.40. The second-order valence-corrected chi connectivity index (χ2v) is 12.7. The van der Waals surface area contributed by atoms with Gasteiger partial charge in [-0.3, -0.25) is 4.90 Å². The molecule has 6 aromatic carbocycles. The van der Waals surface area contributed by atoms with Crippen LogP contribution < -0.4 is 14.2 Å². The Kier molecular flexibility index (Phi) is 12.3. The molecule has 0 fully saturated rings. The summed E-state index contributed by atoms with van der Waals surface area (Å²) in [6, 6.07) is 55.1. The number of hydrogen-bond donors (Lipinski definition) is 1. The fourth-order valence-electron chi connectivity index (χ4n) is 5.91. The SMILES string of the molecule is C[C@H](Cc1ccc(OCc2ccccc2)cc1)N(Cc1ccccc1)C[C@H](O)c1cc(OCc2ccccc2)cc(OCc2ccccc2)c1. The Morgan fingerprint density at radius 2 is 0.900 bits per heavy atom. The summed E-state index contributed by atoms with van der Waals surface area (Å²) in [5, 5.41) is 11.8. The van der Waals surface area contributed by atoms with E-state index in [4.69, 9.17) is 14.2 Å². The van der Waals surface area contributed by atoms with E-state index in [-0.39, 0.29) is 6.04 Å². The summed E-state index contributed by atoms with van der Waals surface area (Å²) < 4.78 is 18.5. The van der Waals surface area contributed by atoms with E-state index in [1.807, 2.05) is 115 Å². The lowest BCUT2D eigenvalue weighted by atomic mass is 10.0. The van der Waals surface area contributed by atoms with Crippen LogP contribution in [0.4, 0.5) is 0 Å². The molecule has 0 bridgehead atoms. The van der Waals surface area contributed by atoms with Crippen LogP contribution in [0.1, 0.15) is 46.4 Å². The number of nitrogens with zero attached hydrogens (tertiary/aromatic N) is 1. The molecule has 0 spiro atoms. The van der Waals surface area contributed by atoms with Gasteiger partial charge in [-0.05, 0) is 71.0 Å². The van der Waals surface area contributed by atoms with Crippen LogP contribution in [0.5, 0.6) is 17.2 Å². The van der Waals surface area contributed by atoms with Crippen molar-refractivity contribution in [2.75, 3.05) is 6.54 Å². The minimum absolute atomic E-state index is 0.146. The second-order valence-electron chi connectivity index (χ2n) is 12.7. The number of benzene rings is 6. The van der Waals surface area contributed by atoms with Crippen molar-refractivity contribution in [3.05, 3.63) is 197 Å². The van der Waals surface area contributed by atoms with Crippen LogP contribution >= 0.6 is 0 Å². The van der Waals surface area contributed by atoms with E-state index in [1.54, 1.807) is 0 Å². The fourth-order valence-corrected chi connectivity index (χ4v) is 5.91. The molecule has 0 aromatic heterocycles. The van der Waals surface area contributed by atoms with Crippen LogP contribution in [0.15, 0.2) is 164 Å². The van der Waals surface area contributed by atoms with Gasteiger partial charge in [0.1, 0.15) is 37.1 Å². The van der Waals surface area contributed by atoms with Crippen LogP contribution in [0.2, 0.25) is 0 Å². The summed E-state index contributed by atoms with van der Waals surface area (Å²) in [5.74, 6) is 2.16. The number of aliphatic hydroxyl groups excluding tert-OH is 1.